The smallest absolute Gasteiger partial charge is 0.210 e. The number of carbonyl (C=O) groups is 1. The van der Waals surface area contributed by atoms with E-state index in [1.165, 1.54) is 12.1 Å². The Morgan fingerprint density at radius 3 is 2.20 bits per heavy atom. The normalized spacial score (nSPS) is 16.9. The van der Waals surface area contributed by atoms with Crippen molar-refractivity contribution in [3.05, 3.63) is 64.1 Å². The average molecular weight is 421 g/mol. The molecule has 0 aromatic heterocycles. The lowest BCUT2D eigenvalue weighted by molar-refractivity contribution is -0.125. The maximum atomic E-state index is 12.9. The standard InChI is InChI=1S/C19H17BrO4S/c1-19(2)18(21)16(13-5-4-6-14(20)11-13)17(24-19)12-7-9-15(10-8-12)25(3,22)23/h4-11H,1-3H3. The van der Waals surface area contributed by atoms with Gasteiger partial charge in [0.25, 0.3) is 0 Å². The first-order valence-electron chi connectivity index (χ1n) is 7.64. The Morgan fingerprint density at radius 2 is 1.64 bits per heavy atom. The number of ketones is 1. The van der Waals surface area contributed by atoms with Gasteiger partial charge in [0.05, 0.1) is 10.5 Å². The van der Waals surface area contributed by atoms with E-state index in [9.17, 15) is 13.2 Å². The van der Waals surface area contributed by atoms with E-state index in [1.54, 1.807) is 26.0 Å². The highest BCUT2D eigenvalue weighted by atomic mass is 79.9. The number of ether oxygens (including phenoxy) is 1. The van der Waals surface area contributed by atoms with Crippen LogP contribution < -0.4 is 0 Å². The quantitative estimate of drug-likeness (QED) is 0.749. The van der Waals surface area contributed by atoms with Gasteiger partial charge in [-0.3, -0.25) is 4.79 Å². The van der Waals surface area contributed by atoms with Gasteiger partial charge in [0, 0.05) is 16.3 Å². The molecule has 0 spiro atoms. The van der Waals surface area contributed by atoms with Crippen molar-refractivity contribution < 1.29 is 17.9 Å². The molecular weight excluding hydrogens is 404 g/mol. The Bertz CT molecular complexity index is 986. The lowest BCUT2D eigenvalue weighted by Gasteiger charge is -2.17. The third-order valence-electron chi connectivity index (χ3n) is 4.02. The van der Waals surface area contributed by atoms with Crippen molar-refractivity contribution in [3.8, 4) is 0 Å². The van der Waals surface area contributed by atoms with Crippen LogP contribution in [-0.4, -0.2) is 26.1 Å². The van der Waals surface area contributed by atoms with Crippen LogP contribution in [0.15, 0.2) is 57.9 Å². The van der Waals surface area contributed by atoms with Crippen molar-refractivity contribution in [1.82, 2.24) is 0 Å². The highest BCUT2D eigenvalue weighted by Gasteiger charge is 2.42. The van der Waals surface area contributed by atoms with E-state index in [4.69, 9.17) is 4.74 Å². The highest BCUT2D eigenvalue weighted by molar-refractivity contribution is 9.10. The van der Waals surface area contributed by atoms with Crippen LogP contribution in [0.4, 0.5) is 0 Å². The fraction of sp³-hybridized carbons (Fsp3) is 0.211. The number of carbonyl (C=O) groups excluding carboxylic acids is 1. The third kappa shape index (κ3) is 3.41. The molecule has 0 saturated carbocycles. The van der Waals surface area contributed by atoms with Gasteiger partial charge < -0.3 is 4.74 Å². The fourth-order valence-electron chi connectivity index (χ4n) is 2.72. The Kier molecular flexibility index (Phi) is 4.37. The van der Waals surface area contributed by atoms with Gasteiger partial charge in [0.15, 0.2) is 15.4 Å². The monoisotopic (exact) mass is 420 g/mol. The minimum atomic E-state index is -3.28. The summed E-state index contributed by atoms with van der Waals surface area (Å²) in [6.07, 6.45) is 1.16. The van der Waals surface area contributed by atoms with E-state index in [2.05, 4.69) is 15.9 Å². The Morgan fingerprint density at radius 1 is 1.00 bits per heavy atom. The van der Waals surface area contributed by atoms with Crippen molar-refractivity contribution in [2.24, 2.45) is 0 Å². The van der Waals surface area contributed by atoms with E-state index < -0.39 is 15.4 Å². The zero-order valence-electron chi connectivity index (χ0n) is 14.0. The zero-order valence-corrected chi connectivity index (χ0v) is 16.4. The molecule has 0 unspecified atom stereocenters. The van der Waals surface area contributed by atoms with Crippen molar-refractivity contribution in [3.63, 3.8) is 0 Å². The topological polar surface area (TPSA) is 60.4 Å². The van der Waals surface area contributed by atoms with Crippen LogP contribution in [0.1, 0.15) is 25.0 Å². The lowest BCUT2D eigenvalue weighted by Crippen LogP contribution is -2.29. The second-order valence-electron chi connectivity index (χ2n) is 6.45. The van der Waals surface area contributed by atoms with Crippen LogP contribution in [0.2, 0.25) is 0 Å². The molecule has 4 nitrogen and oxygen atoms in total. The van der Waals surface area contributed by atoms with Crippen LogP contribution >= 0.6 is 15.9 Å². The zero-order chi connectivity index (χ0) is 18.4. The van der Waals surface area contributed by atoms with Gasteiger partial charge in [0.2, 0.25) is 5.78 Å². The summed E-state index contributed by atoms with van der Waals surface area (Å²) < 4.78 is 30.1. The van der Waals surface area contributed by atoms with Crippen molar-refractivity contribution in [2.75, 3.05) is 6.26 Å². The maximum Gasteiger partial charge on any atom is 0.210 e. The predicted molar refractivity (Wildman–Crippen MR) is 101 cm³/mol. The van der Waals surface area contributed by atoms with Crippen LogP contribution in [0.25, 0.3) is 11.3 Å². The fourth-order valence-corrected chi connectivity index (χ4v) is 3.75. The summed E-state index contributed by atoms with van der Waals surface area (Å²) in [5.41, 5.74) is 0.953. The summed E-state index contributed by atoms with van der Waals surface area (Å²) in [5.74, 6) is 0.362. The van der Waals surface area contributed by atoms with Crippen LogP contribution in [0.3, 0.4) is 0 Å². The predicted octanol–water partition coefficient (Wildman–Crippen LogP) is 4.10. The molecule has 130 valence electrons. The molecule has 2 aromatic carbocycles. The minimum Gasteiger partial charge on any atom is -0.478 e. The summed E-state index contributed by atoms with van der Waals surface area (Å²) >= 11 is 3.42. The SMILES string of the molecule is CC1(C)OC(c2ccc(S(C)(=O)=O)cc2)=C(c2cccc(Br)c2)C1=O. The molecule has 3 rings (SSSR count). The van der Waals surface area contributed by atoms with Crippen LogP contribution in [0, 0.1) is 0 Å². The molecule has 0 fully saturated rings. The number of hydrogen-bond acceptors (Lipinski definition) is 4. The number of rotatable bonds is 3. The molecule has 6 heteroatoms. The highest BCUT2D eigenvalue weighted by Crippen LogP contribution is 2.41. The van der Waals surface area contributed by atoms with Crippen molar-refractivity contribution in [2.45, 2.75) is 24.3 Å². The molecule has 1 aliphatic rings. The Hall–Kier alpha value is -1.92. The number of halogens is 1. The molecule has 0 atom stereocenters. The molecule has 0 amide bonds. The second kappa shape index (κ2) is 6.11. The molecule has 1 heterocycles. The van der Waals surface area contributed by atoms with E-state index in [0.717, 1.165) is 16.3 Å². The molecule has 0 aliphatic carbocycles. The van der Waals surface area contributed by atoms with Crippen LogP contribution in [0.5, 0.6) is 0 Å². The van der Waals surface area contributed by atoms with Gasteiger partial charge in [-0.25, -0.2) is 8.42 Å². The largest absolute Gasteiger partial charge is 0.478 e. The van der Waals surface area contributed by atoms with E-state index >= 15 is 0 Å². The van der Waals surface area contributed by atoms with Gasteiger partial charge in [-0.15, -0.1) is 0 Å². The molecule has 1 aliphatic heterocycles. The van der Waals surface area contributed by atoms with Crippen molar-refractivity contribution >= 4 is 42.9 Å². The Labute approximate surface area is 155 Å². The molecule has 0 N–H and O–H groups in total. The maximum absolute atomic E-state index is 12.9. The number of benzene rings is 2. The molecule has 2 aromatic rings. The van der Waals surface area contributed by atoms with Gasteiger partial charge in [-0.2, -0.15) is 0 Å². The second-order valence-corrected chi connectivity index (χ2v) is 9.38. The summed E-state index contributed by atoms with van der Waals surface area (Å²) in [6.45, 7) is 3.45. The minimum absolute atomic E-state index is 0.104. The average Bonchev–Trinajstić information content (AvgIpc) is 2.77. The summed E-state index contributed by atoms with van der Waals surface area (Å²) in [5, 5.41) is 0. The van der Waals surface area contributed by atoms with Crippen LogP contribution in [-0.2, 0) is 19.4 Å². The summed E-state index contributed by atoms with van der Waals surface area (Å²) in [7, 11) is -3.28. The first kappa shape index (κ1) is 17.9. The van der Waals surface area contributed by atoms with E-state index in [-0.39, 0.29) is 10.7 Å². The number of Topliss-reactive ketones (excluding diaryl/α,β-unsaturated/α-hetero) is 1. The van der Waals surface area contributed by atoms with E-state index in [0.29, 0.717) is 16.9 Å². The first-order chi connectivity index (χ1) is 11.6. The Balaban J connectivity index is 2.17. The molecular formula is C19H17BrO4S. The van der Waals surface area contributed by atoms with Gasteiger partial charge in [-0.05, 0) is 55.8 Å². The van der Waals surface area contributed by atoms with Crippen molar-refractivity contribution in [1.29, 1.82) is 0 Å². The van der Waals surface area contributed by atoms with Gasteiger partial charge >= 0.3 is 0 Å². The number of sulfone groups is 1. The third-order valence-corrected chi connectivity index (χ3v) is 5.64. The van der Waals surface area contributed by atoms with Gasteiger partial charge in [0.1, 0.15) is 5.76 Å². The van der Waals surface area contributed by atoms with Gasteiger partial charge in [-0.1, -0.05) is 28.1 Å². The summed E-state index contributed by atoms with van der Waals surface area (Å²) in [6, 6.07) is 13.8. The lowest BCUT2D eigenvalue weighted by atomic mass is 9.93. The molecule has 0 bridgehead atoms. The van der Waals surface area contributed by atoms with E-state index in [1.807, 2.05) is 24.3 Å². The summed E-state index contributed by atoms with van der Waals surface area (Å²) in [4.78, 5) is 13.1. The number of hydrogen-bond donors (Lipinski definition) is 0. The molecule has 0 saturated heterocycles. The molecule has 0 radical (unpaired) electrons. The first-order valence-corrected chi connectivity index (χ1v) is 10.3. The molecule has 25 heavy (non-hydrogen) atoms.